The molecule has 5 heteroatoms. The molecule has 0 atom stereocenters. The monoisotopic (exact) mass is 328 g/mol. The number of rotatable bonds is 3. The lowest BCUT2D eigenvalue weighted by Crippen LogP contribution is -2.17. The number of thiazole rings is 1. The highest BCUT2D eigenvalue weighted by Gasteiger charge is 2.18. The summed E-state index contributed by atoms with van der Waals surface area (Å²) in [6.07, 6.45) is 4.51. The summed E-state index contributed by atoms with van der Waals surface area (Å²) in [5, 5.41) is 0. The van der Waals surface area contributed by atoms with Crippen molar-refractivity contribution in [3.63, 3.8) is 0 Å². The molecule has 0 bridgehead atoms. The van der Waals surface area contributed by atoms with E-state index < -0.39 is 0 Å². The Morgan fingerprint density at radius 1 is 1.18 bits per heavy atom. The van der Waals surface area contributed by atoms with E-state index in [1.807, 2.05) is 22.6 Å². The second kappa shape index (κ2) is 5.89. The van der Waals surface area contributed by atoms with Gasteiger partial charge < -0.3 is 0 Å². The molecule has 2 heterocycles. The molecule has 2 aromatic heterocycles. The molecule has 1 aliphatic rings. The smallest absolute Gasteiger partial charge is 0.259 e. The number of hydrogen-bond acceptors (Lipinski definition) is 4. The molecular formula is C17H16N2OS2. The van der Waals surface area contributed by atoms with E-state index in [2.05, 4.69) is 12.1 Å². The second-order valence-electron chi connectivity index (χ2n) is 5.48. The predicted molar refractivity (Wildman–Crippen MR) is 92.0 cm³/mol. The van der Waals surface area contributed by atoms with Gasteiger partial charge in [0, 0.05) is 27.3 Å². The first-order valence-corrected chi connectivity index (χ1v) is 9.32. The Morgan fingerprint density at radius 3 is 2.86 bits per heavy atom. The van der Waals surface area contributed by atoms with Gasteiger partial charge in [0.15, 0.2) is 4.96 Å². The van der Waals surface area contributed by atoms with Crippen LogP contribution < -0.4 is 5.56 Å². The van der Waals surface area contributed by atoms with Gasteiger partial charge in [-0.15, -0.1) is 23.1 Å². The minimum absolute atomic E-state index is 0.0769. The summed E-state index contributed by atoms with van der Waals surface area (Å²) in [6, 6.07) is 11.9. The van der Waals surface area contributed by atoms with Crippen molar-refractivity contribution < 1.29 is 0 Å². The van der Waals surface area contributed by atoms with E-state index in [0.717, 1.165) is 29.2 Å². The lowest BCUT2D eigenvalue weighted by atomic mass is 10.0. The first-order chi connectivity index (χ1) is 10.8. The Morgan fingerprint density at radius 2 is 2.00 bits per heavy atom. The number of fused-ring (bicyclic) bond motifs is 3. The van der Waals surface area contributed by atoms with E-state index in [9.17, 15) is 4.79 Å². The SMILES string of the molecule is O=c1cc(CSc2ccccc2)nc2sc3c(n12)CCCC3. The molecule has 112 valence electrons. The van der Waals surface area contributed by atoms with Crippen LogP contribution in [0, 0.1) is 0 Å². The molecule has 3 aromatic rings. The maximum atomic E-state index is 12.5. The zero-order chi connectivity index (χ0) is 14.9. The Bertz CT molecular complexity index is 867. The fourth-order valence-corrected chi connectivity index (χ4v) is 4.93. The van der Waals surface area contributed by atoms with Crippen molar-refractivity contribution >= 4 is 28.1 Å². The largest absolute Gasteiger partial charge is 0.269 e. The van der Waals surface area contributed by atoms with Gasteiger partial charge in [-0.05, 0) is 37.8 Å². The number of hydrogen-bond donors (Lipinski definition) is 0. The van der Waals surface area contributed by atoms with Gasteiger partial charge in [0.05, 0.1) is 5.69 Å². The molecule has 0 spiro atoms. The van der Waals surface area contributed by atoms with Crippen LogP contribution in [0.2, 0.25) is 0 Å². The van der Waals surface area contributed by atoms with Gasteiger partial charge in [-0.1, -0.05) is 18.2 Å². The predicted octanol–water partition coefficient (Wildman–Crippen LogP) is 3.93. The van der Waals surface area contributed by atoms with Crippen molar-refractivity contribution in [1.29, 1.82) is 0 Å². The van der Waals surface area contributed by atoms with Crippen molar-refractivity contribution in [2.75, 3.05) is 0 Å². The quantitative estimate of drug-likeness (QED) is 0.683. The van der Waals surface area contributed by atoms with Gasteiger partial charge in [-0.3, -0.25) is 9.20 Å². The lowest BCUT2D eigenvalue weighted by Gasteiger charge is -2.10. The highest BCUT2D eigenvalue weighted by atomic mass is 32.2. The molecule has 0 unspecified atom stereocenters. The maximum absolute atomic E-state index is 12.5. The first kappa shape index (κ1) is 14.0. The molecule has 3 nitrogen and oxygen atoms in total. The van der Waals surface area contributed by atoms with Crippen LogP contribution in [0.4, 0.5) is 0 Å². The number of aromatic nitrogens is 2. The van der Waals surface area contributed by atoms with Crippen LogP contribution in [-0.4, -0.2) is 9.38 Å². The van der Waals surface area contributed by atoms with Gasteiger partial charge in [0.25, 0.3) is 5.56 Å². The van der Waals surface area contributed by atoms with Crippen molar-refractivity contribution in [1.82, 2.24) is 9.38 Å². The summed E-state index contributed by atoms with van der Waals surface area (Å²) in [6.45, 7) is 0. The Labute approximate surface area is 137 Å². The normalized spacial score (nSPS) is 14.2. The number of aryl methyl sites for hydroxylation is 2. The average molecular weight is 328 g/mol. The lowest BCUT2D eigenvalue weighted by molar-refractivity contribution is 0.670. The zero-order valence-corrected chi connectivity index (χ0v) is 13.8. The van der Waals surface area contributed by atoms with E-state index in [4.69, 9.17) is 4.98 Å². The van der Waals surface area contributed by atoms with Crippen LogP contribution in [0.15, 0.2) is 46.1 Å². The standard InChI is InChI=1S/C17H16N2OS2/c20-16-10-12(11-21-13-6-2-1-3-7-13)18-17-19(16)14-8-4-5-9-15(14)22-17/h1-3,6-7,10H,4-5,8-9,11H2. The summed E-state index contributed by atoms with van der Waals surface area (Å²) in [7, 11) is 0. The van der Waals surface area contributed by atoms with Gasteiger partial charge in [-0.25, -0.2) is 4.98 Å². The van der Waals surface area contributed by atoms with E-state index >= 15 is 0 Å². The van der Waals surface area contributed by atoms with Gasteiger partial charge in [0.2, 0.25) is 0 Å². The van der Waals surface area contributed by atoms with Gasteiger partial charge in [0.1, 0.15) is 0 Å². The van der Waals surface area contributed by atoms with Crippen LogP contribution in [-0.2, 0) is 18.6 Å². The van der Waals surface area contributed by atoms with Crippen molar-refractivity contribution in [2.45, 2.75) is 36.3 Å². The molecule has 22 heavy (non-hydrogen) atoms. The highest BCUT2D eigenvalue weighted by molar-refractivity contribution is 7.98. The first-order valence-electron chi connectivity index (χ1n) is 7.52. The molecule has 4 rings (SSSR count). The van der Waals surface area contributed by atoms with Crippen molar-refractivity contribution in [2.24, 2.45) is 0 Å². The third-order valence-corrected chi connectivity index (χ3v) is 6.13. The Hall–Kier alpha value is -1.59. The topological polar surface area (TPSA) is 34.4 Å². The molecule has 1 aliphatic carbocycles. The van der Waals surface area contributed by atoms with E-state index in [-0.39, 0.29) is 5.56 Å². The fraction of sp³-hybridized carbons (Fsp3) is 0.294. The van der Waals surface area contributed by atoms with Crippen LogP contribution >= 0.6 is 23.1 Å². The summed E-state index contributed by atoms with van der Waals surface area (Å²) < 4.78 is 1.83. The number of thioether (sulfide) groups is 1. The Kier molecular flexibility index (Phi) is 3.76. The third-order valence-electron chi connectivity index (χ3n) is 3.94. The molecule has 0 radical (unpaired) electrons. The third kappa shape index (κ3) is 2.59. The van der Waals surface area contributed by atoms with Crippen LogP contribution in [0.1, 0.15) is 29.1 Å². The summed E-state index contributed by atoms with van der Waals surface area (Å²) >= 11 is 3.41. The fourth-order valence-electron chi connectivity index (χ4n) is 2.89. The molecular weight excluding hydrogens is 312 g/mol. The van der Waals surface area contributed by atoms with Gasteiger partial charge in [-0.2, -0.15) is 0 Å². The van der Waals surface area contributed by atoms with Crippen LogP contribution in [0.3, 0.4) is 0 Å². The molecule has 0 amide bonds. The zero-order valence-electron chi connectivity index (χ0n) is 12.1. The van der Waals surface area contributed by atoms with Crippen LogP contribution in [0.25, 0.3) is 4.96 Å². The molecule has 0 saturated carbocycles. The second-order valence-corrected chi connectivity index (χ2v) is 7.60. The molecule has 0 saturated heterocycles. The van der Waals surface area contributed by atoms with Gasteiger partial charge >= 0.3 is 0 Å². The van der Waals surface area contributed by atoms with E-state index in [0.29, 0.717) is 0 Å². The molecule has 0 N–H and O–H groups in total. The summed E-state index contributed by atoms with van der Waals surface area (Å²) in [4.78, 5) is 20.6. The summed E-state index contributed by atoms with van der Waals surface area (Å²) in [5.74, 6) is 0.734. The molecule has 1 aromatic carbocycles. The molecule has 0 fully saturated rings. The Balaban J connectivity index is 1.67. The van der Waals surface area contributed by atoms with E-state index in [1.54, 1.807) is 29.2 Å². The number of benzene rings is 1. The number of nitrogens with zero attached hydrogens (tertiary/aromatic N) is 2. The van der Waals surface area contributed by atoms with Crippen LogP contribution in [0.5, 0.6) is 0 Å². The van der Waals surface area contributed by atoms with E-state index in [1.165, 1.54) is 28.3 Å². The maximum Gasteiger partial charge on any atom is 0.259 e. The minimum atomic E-state index is 0.0769. The summed E-state index contributed by atoms with van der Waals surface area (Å²) in [5.41, 5.74) is 2.15. The highest BCUT2D eigenvalue weighted by Crippen LogP contribution is 2.29. The van der Waals surface area contributed by atoms with Crippen molar-refractivity contribution in [3.8, 4) is 0 Å². The molecule has 0 aliphatic heterocycles. The average Bonchev–Trinajstić information content (AvgIpc) is 2.92. The minimum Gasteiger partial charge on any atom is -0.269 e. The van der Waals surface area contributed by atoms with Crippen molar-refractivity contribution in [3.05, 3.63) is 63.0 Å².